The first-order valence-electron chi connectivity index (χ1n) is 8.95. The van der Waals surface area contributed by atoms with Crippen LogP contribution in [0.15, 0.2) is 24.3 Å². The molecule has 0 aliphatic heterocycles. The molecule has 138 valence electrons. The Morgan fingerprint density at radius 1 is 0.917 bits per heavy atom. The first-order valence-corrected chi connectivity index (χ1v) is 8.95. The molecule has 0 bridgehead atoms. The molecule has 1 unspecified atom stereocenters. The highest BCUT2D eigenvalue weighted by atomic mass is 16.6. The molecule has 0 amide bonds. The fourth-order valence-electron chi connectivity index (χ4n) is 1.93. The Morgan fingerprint density at radius 3 is 1.96 bits per heavy atom. The van der Waals surface area contributed by atoms with Gasteiger partial charge in [-0.05, 0) is 25.7 Å². The summed E-state index contributed by atoms with van der Waals surface area (Å²) in [5, 5.41) is 9.19. The van der Waals surface area contributed by atoms with Gasteiger partial charge in [0.1, 0.15) is 6.61 Å². The summed E-state index contributed by atoms with van der Waals surface area (Å²) in [5.74, 6) is -1.02. The van der Waals surface area contributed by atoms with E-state index in [-0.39, 0.29) is 13.2 Å². The Kier molecular flexibility index (Phi) is 15.1. The maximum Gasteiger partial charge on any atom is 0.330 e. The van der Waals surface area contributed by atoms with Gasteiger partial charge in [-0.1, -0.05) is 51.7 Å². The predicted octanol–water partition coefficient (Wildman–Crippen LogP) is 3.71. The normalized spacial score (nSPS) is 12.6. The standard InChI is InChI=1S/C19H32O5/c1-3-5-7-9-11-13-18(21)23-16-17(15-20)24-19(22)14-12-10-8-6-4-2/h11-14,17,20H,3-10,15-16H2,1-2H3. The number of carbonyl (C=O) groups is 2. The Labute approximate surface area is 145 Å². The number of carbonyl (C=O) groups excluding carboxylic acids is 2. The van der Waals surface area contributed by atoms with Crippen molar-refractivity contribution >= 4 is 11.9 Å². The summed E-state index contributed by atoms with van der Waals surface area (Å²) in [6, 6.07) is 0. The van der Waals surface area contributed by atoms with Gasteiger partial charge >= 0.3 is 11.9 Å². The molecule has 0 radical (unpaired) electrons. The lowest BCUT2D eigenvalue weighted by Gasteiger charge is -2.13. The van der Waals surface area contributed by atoms with Crippen LogP contribution in [-0.2, 0) is 19.1 Å². The second-order valence-electron chi connectivity index (χ2n) is 5.67. The minimum absolute atomic E-state index is 0.149. The molecule has 0 heterocycles. The largest absolute Gasteiger partial charge is 0.458 e. The van der Waals surface area contributed by atoms with Crippen molar-refractivity contribution < 1.29 is 24.2 Å². The molecule has 0 aromatic heterocycles. The number of allylic oxidation sites excluding steroid dienone is 2. The Morgan fingerprint density at radius 2 is 1.46 bits per heavy atom. The molecule has 0 rings (SSSR count). The van der Waals surface area contributed by atoms with Gasteiger partial charge < -0.3 is 14.6 Å². The van der Waals surface area contributed by atoms with E-state index in [9.17, 15) is 14.7 Å². The van der Waals surface area contributed by atoms with Gasteiger partial charge in [0.2, 0.25) is 0 Å². The van der Waals surface area contributed by atoms with Gasteiger partial charge in [-0.2, -0.15) is 0 Å². The van der Waals surface area contributed by atoms with Crippen LogP contribution < -0.4 is 0 Å². The highest BCUT2D eigenvalue weighted by molar-refractivity contribution is 5.82. The Hall–Kier alpha value is -1.62. The monoisotopic (exact) mass is 340 g/mol. The van der Waals surface area contributed by atoms with E-state index < -0.39 is 18.0 Å². The molecule has 0 spiro atoms. The Balaban J connectivity index is 3.96. The second-order valence-corrected chi connectivity index (χ2v) is 5.67. The van der Waals surface area contributed by atoms with E-state index in [1.165, 1.54) is 12.2 Å². The molecule has 0 fully saturated rings. The highest BCUT2D eigenvalue weighted by Gasteiger charge is 2.13. The molecule has 0 aromatic rings. The van der Waals surface area contributed by atoms with Crippen LogP contribution in [0.25, 0.3) is 0 Å². The number of hydrogen-bond acceptors (Lipinski definition) is 5. The molecule has 0 saturated carbocycles. The maximum absolute atomic E-state index is 11.6. The van der Waals surface area contributed by atoms with Crippen molar-refractivity contribution in [1.82, 2.24) is 0 Å². The van der Waals surface area contributed by atoms with Gasteiger partial charge in [0.25, 0.3) is 0 Å². The van der Waals surface area contributed by atoms with Gasteiger partial charge in [-0.15, -0.1) is 0 Å². The molecular weight excluding hydrogens is 308 g/mol. The van der Waals surface area contributed by atoms with Crippen LogP contribution in [0.2, 0.25) is 0 Å². The van der Waals surface area contributed by atoms with Crippen LogP contribution in [0.4, 0.5) is 0 Å². The lowest BCUT2D eigenvalue weighted by Crippen LogP contribution is -2.27. The summed E-state index contributed by atoms with van der Waals surface area (Å²) in [5.41, 5.74) is 0. The molecule has 1 N–H and O–H groups in total. The number of aliphatic hydroxyl groups excluding tert-OH is 1. The van der Waals surface area contributed by atoms with Gasteiger partial charge in [-0.25, -0.2) is 9.59 Å². The van der Waals surface area contributed by atoms with Crippen molar-refractivity contribution in [2.75, 3.05) is 13.2 Å². The first kappa shape index (κ1) is 22.4. The minimum Gasteiger partial charge on any atom is -0.458 e. The SMILES string of the molecule is CCCCCC=CC(=O)OCC(CO)OC(=O)C=CCCCCC. The Bertz CT molecular complexity index is 387. The third kappa shape index (κ3) is 14.0. The molecule has 0 aromatic carbocycles. The maximum atomic E-state index is 11.6. The molecule has 24 heavy (non-hydrogen) atoms. The number of rotatable bonds is 14. The van der Waals surface area contributed by atoms with Crippen LogP contribution >= 0.6 is 0 Å². The lowest BCUT2D eigenvalue weighted by molar-refractivity contribution is -0.155. The van der Waals surface area contributed by atoms with Gasteiger partial charge in [0.15, 0.2) is 6.10 Å². The highest BCUT2D eigenvalue weighted by Crippen LogP contribution is 2.02. The van der Waals surface area contributed by atoms with Crippen molar-refractivity contribution in [2.24, 2.45) is 0 Å². The third-order valence-electron chi connectivity index (χ3n) is 3.35. The van der Waals surface area contributed by atoms with Crippen molar-refractivity contribution in [1.29, 1.82) is 0 Å². The van der Waals surface area contributed by atoms with Crippen LogP contribution in [0.1, 0.15) is 65.2 Å². The van der Waals surface area contributed by atoms with E-state index in [0.29, 0.717) is 0 Å². The molecule has 5 heteroatoms. The fraction of sp³-hybridized carbons (Fsp3) is 0.684. The van der Waals surface area contributed by atoms with E-state index >= 15 is 0 Å². The molecule has 0 saturated heterocycles. The van der Waals surface area contributed by atoms with Crippen molar-refractivity contribution in [2.45, 2.75) is 71.3 Å². The summed E-state index contributed by atoms with van der Waals surface area (Å²) < 4.78 is 10.0. The van der Waals surface area contributed by atoms with Crippen molar-refractivity contribution in [3.63, 3.8) is 0 Å². The van der Waals surface area contributed by atoms with Crippen LogP contribution in [0.5, 0.6) is 0 Å². The second kappa shape index (κ2) is 16.2. The summed E-state index contributed by atoms with van der Waals surface area (Å²) in [6.45, 7) is 3.70. The summed E-state index contributed by atoms with van der Waals surface area (Å²) >= 11 is 0. The molecular formula is C19H32O5. The fourth-order valence-corrected chi connectivity index (χ4v) is 1.93. The number of esters is 2. The van der Waals surface area contributed by atoms with Crippen LogP contribution in [0.3, 0.4) is 0 Å². The number of aliphatic hydroxyl groups is 1. The van der Waals surface area contributed by atoms with Gasteiger partial charge in [-0.3, -0.25) is 0 Å². The average molecular weight is 340 g/mol. The topological polar surface area (TPSA) is 72.8 Å². The summed E-state index contributed by atoms with van der Waals surface area (Å²) in [6.07, 6.45) is 13.7. The smallest absolute Gasteiger partial charge is 0.330 e. The minimum atomic E-state index is -0.838. The van der Waals surface area contributed by atoms with E-state index in [1.807, 2.05) is 0 Å². The van der Waals surface area contributed by atoms with E-state index in [0.717, 1.165) is 51.4 Å². The van der Waals surface area contributed by atoms with Crippen molar-refractivity contribution in [3.8, 4) is 0 Å². The van der Waals surface area contributed by atoms with Gasteiger partial charge in [0.05, 0.1) is 6.61 Å². The quantitative estimate of drug-likeness (QED) is 0.296. The number of ether oxygens (including phenoxy) is 2. The van der Waals surface area contributed by atoms with E-state index in [1.54, 1.807) is 12.2 Å². The first-order chi connectivity index (χ1) is 11.6. The third-order valence-corrected chi connectivity index (χ3v) is 3.35. The molecule has 0 aliphatic rings. The summed E-state index contributed by atoms with van der Waals surface area (Å²) in [4.78, 5) is 23.1. The van der Waals surface area contributed by atoms with Crippen molar-refractivity contribution in [3.05, 3.63) is 24.3 Å². The molecule has 5 nitrogen and oxygen atoms in total. The zero-order valence-corrected chi connectivity index (χ0v) is 15.0. The molecule has 0 aliphatic carbocycles. The zero-order valence-electron chi connectivity index (χ0n) is 15.0. The van der Waals surface area contributed by atoms with Gasteiger partial charge in [0, 0.05) is 12.2 Å². The summed E-state index contributed by atoms with van der Waals surface area (Å²) in [7, 11) is 0. The average Bonchev–Trinajstić information content (AvgIpc) is 2.58. The number of hydrogen-bond donors (Lipinski definition) is 1. The molecule has 1 atom stereocenters. The lowest BCUT2D eigenvalue weighted by atomic mass is 10.2. The van der Waals surface area contributed by atoms with E-state index in [4.69, 9.17) is 9.47 Å². The van der Waals surface area contributed by atoms with Crippen LogP contribution in [0, 0.1) is 0 Å². The predicted molar refractivity (Wildman–Crippen MR) is 94.5 cm³/mol. The van der Waals surface area contributed by atoms with E-state index in [2.05, 4.69) is 13.8 Å². The number of unbranched alkanes of at least 4 members (excludes halogenated alkanes) is 6. The zero-order chi connectivity index (χ0) is 18.0. The van der Waals surface area contributed by atoms with Crippen LogP contribution in [-0.4, -0.2) is 36.4 Å².